The monoisotopic (exact) mass is 371 g/mol. The molecule has 142 valence electrons. The van der Waals surface area contributed by atoms with Crippen LogP contribution in [0.25, 0.3) is 11.1 Å². The van der Waals surface area contributed by atoms with Gasteiger partial charge in [-0.1, -0.05) is 6.07 Å². The van der Waals surface area contributed by atoms with Gasteiger partial charge in [-0.25, -0.2) is 9.98 Å². The summed E-state index contributed by atoms with van der Waals surface area (Å²) < 4.78 is 31.8. The van der Waals surface area contributed by atoms with Crippen molar-refractivity contribution in [3.63, 3.8) is 0 Å². The molecule has 7 heteroatoms. The van der Waals surface area contributed by atoms with Crippen LogP contribution in [-0.4, -0.2) is 36.9 Å². The average Bonchev–Trinajstić information content (AvgIpc) is 3.07. The highest BCUT2D eigenvalue weighted by molar-refractivity contribution is 5.75. The van der Waals surface area contributed by atoms with Gasteiger partial charge in [-0.05, 0) is 49.6 Å². The van der Waals surface area contributed by atoms with Crippen LogP contribution in [0.15, 0.2) is 41.5 Å². The number of benzene rings is 1. The smallest absolute Gasteiger partial charge is 0.283 e. The highest BCUT2D eigenvalue weighted by atomic mass is 19.1. The number of halogens is 1. The summed E-state index contributed by atoms with van der Waals surface area (Å²) >= 11 is 0. The number of nitrogens with zero attached hydrogens (tertiary/aromatic N) is 2. The minimum Gasteiger partial charge on any atom is -0.493 e. The van der Waals surface area contributed by atoms with Crippen molar-refractivity contribution >= 4 is 6.02 Å². The van der Waals surface area contributed by atoms with Crippen molar-refractivity contribution in [1.82, 2.24) is 4.98 Å². The second-order valence-electron chi connectivity index (χ2n) is 6.78. The Bertz CT molecular complexity index is 873. The first kappa shape index (κ1) is 17.7. The SMILES string of the molecule is CC1OCCCCOc2ccc(-c3cccnc3F)cc2[C@@]12COC(N)=N2. The lowest BCUT2D eigenvalue weighted by atomic mass is 9.84. The average molecular weight is 371 g/mol. The normalized spacial score (nSPS) is 25.3. The van der Waals surface area contributed by atoms with Crippen LogP contribution in [0.3, 0.4) is 0 Å². The maximum absolute atomic E-state index is 14.2. The van der Waals surface area contributed by atoms with Crippen LogP contribution >= 0.6 is 0 Å². The molecule has 1 spiro atoms. The molecular weight excluding hydrogens is 349 g/mol. The first-order valence-electron chi connectivity index (χ1n) is 9.08. The van der Waals surface area contributed by atoms with E-state index in [4.69, 9.17) is 19.9 Å². The van der Waals surface area contributed by atoms with Crippen LogP contribution in [0, 0.1) is 5.95 Å². The molecule has 2 aromatic rings. The molecule has 0 amide bonds. The number of hydrogen-bond acceptors (Lipinski definition) is 6. The lowest BCUT2D eigenvalue weighted by molar-refractivity contribution is -0.00496. The molecule has 2 N–H and O–H groups in total. The summed E-state index contributed by atoms with van der Waals surface area (Å²) in [6.07, 6.45) is 2.93. The van der Waals surface area contributed by atoms with Crippen LogP contribution in [0.1, 0.15) is 25.3 Å². The van der Waals surface area contributed by atoms with Crippen molar-refractivity contribution in [3.8, 4) is 16.9 Å². The van der Waals surface area contributed by atoms with Gasteiger partial charge in [-0.15, -0.1) is 0 Å². The molecule has 0 bridgehead atoms. The van der Waals surface area contributed by atoms with E-state index >= 15 is 0 Å². The lowest BCUT2D eigenvalue weighted by Crippen LogP contribution is -2.40. The molecule has 2 atom stereocenters. The van der Waals surface area contributed by atoms with E-state index in [0.29, 0.717) is 30.1 Å². The van der Waals surface area contributed by atoms with Gasteiger partial charge in [0.15, 0.2) is 5.54 Å². The van der Waals surface area contributed by atoms with Crippen LogP contribution in [-0.2, 0) is 15.0 Å². The standard InChI is InChI=1S/C20H22FN3O3/c1-13-20(12-27-19(22)24-20)16-11-14(15-5-4-8-23-18(15)21)6-7-17(16)26-10-3-2-9-25-13/h4-8,11,13H,2-3,9-10,12H2,1H3,(H2,22,24)/t13?,20-/m1/s1. The molecule has 2 aliphatic rings. The second-order valence-corrected chi connectivity index (χ2v) is 6.78. The molecule has 0 fully saturated rings. The third-order valence-electron chi connectivity index (χ3n) is 5.10. The molecule has 1 unspecified atom stereocenters. The molecule has 2 aliphatic heterocycles. The van der Waals surface area contributed by atoms with E-state index < -0.39 is 11.5 Å². The number of hydrogen-bond donors (Lipinski definition) is 1. The summed E-state index contributed by atoms with van der Waals surface area (Å²) in [6, 6.07) is 9.07. The summed E-state index contributed by atoms with van der Waals surface area (Å²) in [4.78, 5) is 8.34. The van der Waals surface area contributed by atoms with E-state index in [-0.39, 0.29) is 18.7 Å². The molecule has 1 aromatic heterocycles. The van der Waals surface area contributed by atoms with Crippen LogP contribution < -0.4 is 10.5 Å². The summed E-state index contributed by atoms with van der Waals surface area (Å²) in [5.74, 6) is 0.157. The van der Waals surface area contributed by atoms with E-state index in [9.17, 15) is 4.39 Å². The minimum atomic E-state index is -0.842. The van der Waals surface area contributed by atoms with Gasteiger partial charge in [-0.3, -0.25) is 0 Å². The Morgan fingerprint density at radius 3 is 2.81 bits per heavy atom. The fourth-order valence-electron chi connectivity index (χ4n) is 3.56. The fourth-order valence-corrected chi connectivity index (χ4v) is 3.56. The van der Waals surface area contributed by atoms with Crippen molar-refractivity contribution in [2.45, 2.75) is 31.4 Å². The molecule has 0 saturated carbocycles. The molecule has 6 nitrogen and oxygen atoms in total. The Morgan fingerprint density at radius 1 is 1.19 bits per heavy atom. The summed E-state index contributed by atoms with van der Waals surface area (Å²) in [5.41, 5.74) is 6.89. The molecule has 4 rings (SSSR count). The Hall–Kier alpha value is -2.67. The zero-order valence-corrected chi connectivity index (χ0v) is 15.2. The maximum atomic E-state index is 14.2. The van der Waals surface area contributed by atoms with Crippen LogP contribution in [0.4, 0.5) is 4.39 Å². The van der Waals surface area contributed by atoms with Crippen LogP contribution in [0.5, 0.6) is 5.75 Å². The Kier molecular flexibility index (Phi) is 4.70. The number of pyridine rings is 1. The van der Waals surface area contributed by atoms with Gasteiger partial charge >= 0.3 is 0 Å². The molecule has 0 aliphatic carbocycles. The van der Waals surface area contributed by atoms with Crippen molar-refractivity contribution < 1.29 is 18.6 Å². The maximum Gasteiger partial charge on any atom is 0.283 e. The first-order valence-corrected chi connectivity index (χ1v) is 9.08. The van der Waals surface area contributed by atoms with Gasteiger partial charge in [-0.2, -0.15) is 4.39 Å². The number of fused-ring (bicyclic) bond motifs is 2. The number of nitrogens with two attached hydrogens (primary N) is 1. The van der Waals surface area contributed by atoms with E-state index in [1.807, 2.05) is 25.1 Å². The fraction of sp³-hybridized carbons (Fsp3) is 0.400. The van der Waals surface area contributed by atoms with Crippen molar-refractivity contribution in [3.05, 3.63) is 48.0 Å². The van der Waals surface area contributed by atoms with E-state index in [0.717, 1.165) is 18.4 Å². The molecule has 1 aromatic carbocycles. The Labute approximate surface area is 157 Å². The van der Waals surface area contributed by atoms with Gasteiger partial charge in [0, 0.05) is 23.9 Å². The van der Waals surface area contributed by atoms with E-state index in [1.54, 1.807) is 12.1 Å². The summed E-state index contributed by atoms with van der Waals surface area (Å²) in [7, 11) is 0. The van der Waals surface area contributed by atoms with Gasteiger partial charge < -0.3 is 19.9 Å². The van der Waals surface area contributed by atoms with Crippen LogP contribution in [0.2, 0.25) is 0 Å². The van der Waals surface area contributed by atoms with E-state index in [2.05, 4.69) is 9.98 Å². The molecule has 0 radical (unpaired) electrons. The van der Waals surface area contributed by atoms with Gasteiger partial charge in [0.1, 0.15) is 12.4 Å². The lowest BCUT2D eigenvalue weighted by Gasteiger charge is -2.33. The number of aromatic nitrogens is 1. The number of amidine groups is 1. The third-order valence-corrected chi connectivity index (χ3v) is 5.10. The number of aliphatic imine (C=N–C) groups is 1. The predicted molar refractivity (Wildman–Crippen MR) is 99.0 cm³/mol. The molecule has 27 heavy (non-hydrogen) atoms. The summed E-state index contributed by atoms with van der Waals surface area (Å²) in [6.45, 7) is 3.37. The quantitative estimate of drug-likeness (QED) is 0.780. The highest BCUT2D eigenvalue weighted by Gasteiger charge is 2.46. The number of rotatable bonds is 1. The van der Waals surface area contributed by atoms with Crippen molar-refractivity contribution in [2.24, 2.45) is 10.7 Å². The van der Waals surface area contributed by atoms with Crippen molar-refractivity contribution in [1.29, 1.82) is 0 Å². The topological polar surface area (TPSA) is 79.0 Å². The third kappa shape index (κ3) is 3.23. The van der Waals surface area contributed by atoms with E-state index in [1.165, 1.54) is 6.20 Å². The van der Waals surface area contributed by atoms with Crippen molar-refractivity contribution in [2.75, 3.05) is 19.8 Å². The van der Waals surface area contributed by atoms with Gasteiger partial charge in [0.25, 0.3) is 6.02 Å². The Balaban J connectivity index is 1.89. The van der Waals surface area contributed by atoms with Gasteiger partial charge in [0.05, 0.1) is 12.7 Å². The predicted octanol–water partition coefficient (Wildman–Crippen LogP) is 3.01. The second kappa shape index (κ2) is 7.15. The molecule has 3 heterocycles. The largest absolute Gasteiger partial charge is 0.493 e. The molecular formula is C20H22FN3O3. The van der Waals surface area contributed by atoms with Gasteiger partial charge in [0.2, 0.25) is 5.95 Å². The first-order chi connectivity index (χ1) is 13.1. The number of ether oxygens (including phenoxy) is 3. The zero-order chi connectivity index (χ0) is 18.9. The Morgan fingerprint density at radius 2 is 2.04 bits per heavy atom. The molecule has 0 saturated heterocycles. The minimum absolute atomic E-state index is 0.117. The zero-order valence-electron chi connectivity index (χ0n) is 15.2. The summed E-state index contributed by atoms with van der Waals surface area (Å²) in [5, 5.41) is 0. The highest BCUT2D eigenvalue weighted by Crippen LogP contribution is 2.43.